The Balaban J connectivity index is 2.14. The number of hydrogen-bond donors (Lipinski definition) is 1. The lowest BCUT2D eigenvalue weighted by atomic mass is 9.82. The van der Waals surface area contributed by atoms with Gasteiger partial charge in [0, 0.05) is 25.8 Å². The number of hydrogen-bond acceptors (Lipinski definition) is 4. The highest BCUT2D eigenvalue weighted by Gasteiger charge is 2.40. The van der Waals surface area contributed by atoms with Crippen LogP contribution in [0.25, 0.3) is 0 Å². The molecule has 0 radical (unpaired) electrons. The van der Waals surface area contributed by atoms with Crippen molar-refractivity contribution in [3.63, 3.8) is 0 Å². The van der Waals surface area contributed by atoms with Crippen molar-refractivity contribution >= 4 is 10.0 Å². The molecule has 7 heteroatoms. The highest BCUT2D eigenvalue weighted by molar-refractivity contribution is 7.89. The maximum atomic E-state index is 12.7. The van der Waals surface area contributed by atoms with Crippen LogP contribution in [0.1, 0.15) is 33.1 Å². The van der Waals surface area contributed by atoms with Gasteiger partial charge in [0.2, 0.25) is 10.0 Å². The quantitative estimate of drug-likeness (QED) is 0.824. The minimum atomic E-state index is -3.40. The third-order valence-corrected chi connectivity index (χ3v) is 6.54. The van der Waals surface area contributed by atoms with Crippen LogP contribution in [0.3, 0.4) is 0 Å². The van der Waals surface area contributed by atoms with Gasteiger partial charge in [-0.15, -0.1) is 0 Å². The molecule has 0 aromatic carbocycles. The van der Waals surface area contributed by atoms with Crippen LogP contribution in [0.15, 0.2) is 17.3 Å². The first-order valence-corrected chi connectivity index (χ1v) is 9.08. The van der Waals surface area contributed by atoms with Crippen LogP contribution in [0, 0.1) is 5.41 Å². The van der Waals surface area contributed by atoms with Crippen molar-refractivity contribution < 1.29 is 8.42 Å². The van der Waals surface area contributed by atoms with Crippen molar-refractivity contribution in [3.8, 4) is 0 Å². The summed E-state index contributed by atoms with van der Waals surface area (Å²) in [7, 11) is -1.54. The molecule has 0 aliphatic carbocycles. The summed E-state index contributed by atoms with van der Waals surface area (Å²) in [6.45, 7) is 6.97. The summed E-state index contributed by atoms with van der Waals surface area (Å²) in [5.41, 5.74) is 0.148. The monoisotopic (exact) mass is 314 g/mol. The molecule has 1 fully saturated rings. The average Bonchev–Trinajstić information content (AvgIpc) is 3.13. The van der Waals surface area contributed by atoms with Gasteiger partial charge < -0.3 is 5.32 Å². The number of likely N-dealkylation sites (N-methyl/N-ethyl adjacent to an activating group) is 1. The van der Waals surface area contributed by atoms with E-state index in [9.17, 15) is 8.42 Å². The molecule has 1 aliphatic heterocycles. The number of rotatable bonds is 7. The Morgan fingerprint density at radius 2 is 2.10 bits per heavy atom. The average molecular weight is 314 g/mol. The number of aromatic nitrogens is 2. The van der Waals surface area contributed by atoms with E-state index in [0.717, 1.165) is 25.8 Å². The summed E-state index contributed by atoms with van der Waals surface area (Å²) in [6.07, 6.45) is 6.09. The molecule has 21 heavy (non-hydrogen) atoms. The SMILES string of the molecule is CCC1(CC)CCN(S(=O)(=O)c2cnn(CCNC)c2)C1. The summed E-state index contributed by atoms with van der Waals surface area (Å²) in [5, 5.41) is 7.16. The van der Waals surface area contributed by atoms with E-state index in [1.807, 2.05) is 7.05 Å². The molecule has 120 valence electrons. The van der Waals surface area contributed by atoms with Crippen LogP contribution in [0.2, 0.25) is 0 Å². The standard InChI is InChI=1S/C14H26N4O2S/c1-4-14(5-2)6-8-18(12-14)21(19,20)13-10-16-17(11-13)9-7-15-3/h10-11,15H,4-9,12H2,1-3H3. The van der Waals surface area contributed by atoms with Crippen LogP contribution < -0.4 is 5.32 Å². The van der Waals surface area contributed by atoms with Crippen molar-refractivity contribution in [2.24, 2.45) is 5.41 Å². The van der Waals surface area contributed by atoms with Crippen LogP contribution >= 0.6 is 0 Å². The fourth-order valence-corrected chi connectivity index (χ4v) is 4.41. The van der Waals surface area contributed by atoms with Gasteiger partial charge in [-0.25, -0.2) is 8.42 Å². The molecule has 0 saturated carbocycles. The largest absolute Gasteiger partial charge is 0.318 e. The van der Waals surface area contributed by atoms with Gasteiger partial charge in [-0.2, -0.15) is 9.40 Å². The van der Waals surface area contributed by atoms with E-state index in [0.29, 0.717) is 24.5 Å². The minimum absolute atomic E-state index is 0.148. The summed E-state index contributed by atoms with van der Waals surface area (Å²) in [5.74, 6) is 0. The molecule has 0 bridgehead atoms. The Kier molecular flexibility index (Phi) is 5.06. The van der Waals surface area contributed by atoms with Crippen molar-refractivity contribution in [2.75, 3.05) is 26.7 Å². The summed E-state index contributed by atoms with van der Waals surface area (Å²) in [4.78, 5) is 0.307. The first-order valence-electron chi connectivity index (χ1n) is 7.64. The van der Waals surface area contributed by atoms with Gasteiger partial charge >= 0.3 is 0 Å². The summed E-state index contributed by atoms with van der Waals surface area (Å²) >= 11 is 0. The van der Waals surface area contributed by atoms with E-state index in [-0.39, 0.29) is 5.41 Å². The van der Waals surface area contributed by atoms with E-state index in [1.54, 1.807) is 15.2 Å². The highest BCUT2D eigenvalue weighted by atomic mass is 32.2. The molecule has 1 N–H and O–H groups in total. The molecular formula is C14H26N4O2S. The van der Waals surface area contributed by atoms with Crippen molar-refractivity contribution in [1.82, 2.24) is 19.4 Å². The normalized spacial score (nSPS) is 19.2. The number of nitrogens with one attached hydrogen (secondary N) is 1. The molecule has 2 heterocycles. The Labute approximate surface area is 127 Å². The molecule has 0 amide bonds. The van der Waals surface area contributed by atoms with E-state index in [4.69, 9.17) is 0 Å². The Morgan fingerprint density at radius 3 is 2.67 bits per heavy atom. The fourth-order valence-electron chi connectivity index (χ4n) is 2.90. The zero-order valence-corrected chi connectivity index (χ0v) is 14.0. The van der Waals surface area contributed by atoms with Crippen molar-refractivity contribution in [1.29, 1.82) is 0 Å². The fraction of sp³-hybridized carbons (Fsp3) is 0.786. The zero-order valence-electron chi connectivity index (χ0n) is 13.2. The highest BCUT2D eigenvalue weighted by Crippen LogP contribution is 2.39. The molecule has 1 saturated heterocycles. The van der Waals surface area contributed by atoms with Crippen molar-refractivity contribution in [3.05, 3.63) is 12.4 Å². The Hall–Kier alpha value is -0.920. The molecular weight excluding hydrogens is 288 g/mol. The maximum Gasteiger partial charge on any atom is 0.246 e. The van der Waals surface area contributed by atoms with E-state index < -0.39 is 10.0 Å². The first-order chi connectivity index (χ1) is 9.97. The lowest BCUT2D eigenvalue weighted by molar-refractivity contribution is 0.279. The third-order valence-electron chi connectivity index (χ3n) is 4.74. The lowest BCUT2D eigenvalue weighted by Gasteiger charge is -2.26. The van der Waals surface area contributed by atoms with Gasteiger partial charge in [0.1, 0.15) is 4.90 Å². The molecule has 1 aliphatic rings. The predicted octanol–water partition coefficient (Wildman–Crippen LogP) is 1.30. The molecule has 1 aromatic heterocycles. The van der Waals surface area contributed by atoms with Gasteiger partial charge in [0.25, 0.3) is 0 Å². The lowest BCUT2D eigenvalue weighted by Crippen LogP contribution is -2.31. The van der Waals surface area contributed by atoms with E-state index in [1.165, 1.54) is 6.20 Å². The second kappa shape index (κ2) is 6.46. The van der Waals surface area contributed by atoms with Crippen molar-refractivity contribution in [2.45, 2.75) is 44.6 Å². The summed E-state index contributed by atoms with van der Waals surface area (Å²) < 4.78 is 28.7. The second-order valence-electron chi connectivity index (χ2n) is 5.84. The van der Waals surface area contributed by atoms with E-state index >= 15 is 0 Å². The predicted molar refractivity (Wildman–Crippen MR) is 82.5 cm³/mol. The second-order valence-corrected chi connectivity index (χ2v) is 7.78. The van der Waals surface area contributed by atoms with Gasteiger partial charge in [-0.3, -0.25) is 4.68 Å². The van der Waals surface area contributed by atoms with Crippen LogP contribution in [-0.2, 0) is 16.6 Å². The van der Waals surface area contributed by atoms with Crippen LogP contribution in [0.4, 0.5) is 0 Å². The number of nitrogens with zero attached hydrogens (tertiary/aromatic N) is 3. The molecule has 0 unspecified atom stereocenters. The topological polar surface area (TPSA) is 67.2 Å². The maximum absolute atomic E-state index is 12.7. The summed E-state index contributed by atoms with van der Waals surface area (Å²) in [6, 6.07) is 0. The smallest absolute Gasteiger partial charge is 0.246 e. The van der Waals surface area contributed by atoms with Crippen LogP contribution in [0.5, 0.6) is 0 Å². The first kappa shape index (κ1) is 16.5. The number of sulfonamides is 1. The Morgan fingerprint density at radius 1 is 1.38 bits per heavy atom. The van der Waals surface area contributed by atoms with Gasteiger partial charge in [-0.05, 0) is 31.7 Å². The Bertz CT molecular complexity index is 563. The van der Waals surface area contributed by atoms with Gasteiger partial charge in [-0.1, -0.05) is 13.8 Å². The minimum Gasteiger partial charge on any atom is -0.318 e. The molecule has 1 aromatic rings. The molecule has 0 spiro atoms. The third kappa shape index (κ3) is 3.30. The molecule has 2 rings (SSSR count). The van der Waals surface area contributed by atoms with Gasteiger partial charge in [0.05, 0.1) is 12.7 Å². The molecule has 6 nitrogen and oxygen atoms in total. The molecule has 0 atom stereocenters. The zero-order chi connectivity index (χ0) is 15.5. The van der Waals surface area contributed by atoms with Gasteiger partial charge in [0.15, 0.2) is 0 Å². The van der Waals surface area contributed by atoms with Crippen LogP contribution in [-0.4, -0.2) is 49.2 Å². The van der Waals surface area contributed by atoms with E-state index in [2.05, 4.69) is 24.3 Å².